The maximum atomic E-state index is 10.9. The van der Waals surface area contributed by atoms with Crippen molar-refractivity contribution in [2.75, 3.05) is 0 Å². The highest BCUT2D eigenvalue weighted by molar-refractivity contribution is 5.76. The Morgan fingerprint density at radius 1 is 1.24 bits per heavy atom. The minimum absolute atomic E-state index is 0.109. The molecular weight excluding hydrogens is 218 g/mol. The number of pyridine rings is 1. The van der Waals surface area contributed by atoms with Crippen LogP contribution in [0.25, 0.3) is 11.3 Å². The van der Waals surface area contributed by atoms with Crippen molar-refractivity contribution in [1.29, 1.82) is 5.26 Å². The number of nitriles is 1. The van der Waals surface area contributed by atoms with Crippen LogP contribution in [0.5, 0.6) is 0 Å². The van der Waals surface area contributed by atoms with Gasteiger partial charge < -0.3 is 0 Å². The first-order valence-corrected chi connectivity index (χ1v) is 4.83. The number of nitro benzene ring substituents is 1. The molecule has 0 radical (unpaired) electrons. The van der Waals surface area contributed by atoms with Gasteiger partial charge >= 0.3 is 0 Å². The maximum Gasteiger partial charge on any atom is 0.280 e. The molecule has 0 spiro atoms. The third-order valence-corrected chi connectivity index (χ3v) is 2.28. The second kappa shape index (κ2) is 4.41. The molecule has 0 aliphatic heterocycles. The zero-order chi connectivity index (χ0) is 12.3. The van der Waals surface area contributed by atoms with Crippen LogP contribution >= 0.6 is 0 Å². The summed E-state index contributed by atoms with van der Waals surface area (Å²) in [7, 11) is 0. The molecule has 5 heteroatoms. The molecule has 2 rings (SSSR count). The van der Waals surface area contributed by atoms with Gasteiger partial charge in [-0.1, -0.05) is 12.1 Å². The van der Waals surface area contributed by atoms with Gasteiger partial charge in [-0.05, 0) is 18.2 Å². The molecule has 0 aliphatic carbocycles. The van der Waals surface area contributed by atoms with Gasteiger partial charge in [0.05, 0.1) is 21.7 Å². The van der Waals surface area contributed by atoms with E-state index < -0.39 is 4.92 Å². The molecule has 1 heterocycles. The average Bonchev–Trinajstić information content (AvgIpc) is 2.38. The van der Waals surface area contributed by atoms with Crippen LogP contribution in [-0.2, 0) is 0 Å². The summed E-state index contributed by atoms with van der Waals surface area (Å²) < 4.78 is 0. The molecule has 0 aliphatic rings. The van der Waals surface area contributed by atoms with E-state index in [0.717, 1.165) is 0 Å². The number of aromatic nitrogens is 1. The number of hydrogen-bond donors (Lipinski definition) is 0. The molecule has 0 saturated heterocycles. The average molecular weight is 225 g/mol. The topological polar surface area (TPSA) is 79.8 Å². The van der Waals surface area contributed by atoms with Crippen molar-refractivity contribution in [2.24, 2.45) is 0 Å². The van der Waals surface area contributed by atoms with Gasteiger partial charge in [0.1, 0.15) is 6.07 Å². The van der Waals surface area contributed by atoms with E-state index >= 15 is 0 Å². The Morgan fingerprint density at radius 3 is 2.65 bits per heavy atom. The summed E-state index contributed by atoms with van der Waals surface area (Å²) in [6.45, 7) is 0. The molecule has 0 atom stereocenters. The Balaban J connectivity index is 2.75. The third-order valence-electron chi connectivity index (χ3n) is 2.28. The fraction of sp³-hybridized carbons (Fsp3) is 0. The molecule has 1 aromatic carbocycles. The Labute approximate surface area is 97.1 Å². The van der Waals surface area contributed by atoms with E-state index in [2.05, 4.69) is 4.98 Å². The van der Waals surface area contributed by atoms with Crippen LogP contribution in [-0.4, -0.2) is 9.91 Å². The van der Waals surface area contributed by atoms with Crippen LogP contribution in [0.1, 0.15) is 5.56 Å². The smallest absolute Gasteiger partial charge is 0.258 e. The van der Waals surface area contributed by atoms with Crippen LogP contribution in [0.2, 0.25) is 0 Å². The van der Waals surface area contributed by atoms with E-state index in [1.807, 2.05) is 6.07 Å². The van der Waals surface area contributed by atoms with Gasteiger partial charge in [0.25, 0.3) is 5.69 Å². The van der Waals surface area contributed by atoms with Crippen molar-refractivity contribution in [1.82, 2.24) is 4.98 Å². The van der Waals surface area contributed by atoms with Crippen molar-refractivity contribution < 1.29 is 4.92 Å². The minimum atomic E-state index is -0.509. The zero-order valence-corrected chi connectivity index (χ0v) is 8.70. The quantitative estimate of drug-likeness (QED) is 0.581. The molecular formula is C12H7N3O2. The summed E-state index contributed by atoms with van der Waals surface area (Å²) >= 11 is 0. The molecule has 82 valence electrons. The van der Waals surface area contributed by atoms with Gasteiger partial charge in [-0.3, -0.25) is 15.1 Å². The molecule has 0 N–H and O–H groups in total. The summed E-state index contributed by atoms with van der Waals surface area (Å²) in [6.07, 6.45) is 1.53. The van der Waals surface area contributed by atoms with Crippen LogP contribution in [0, 0.1) is 21.4 Å². The van der Waals surface area contributed by atoms with Crippen LogP contribution in [0.15, 0.2) is 42.6 Å². The highest BCUT2D eigenvalue weighted by Gasteiger charge is 2.19. The number of rotatable bonds is 2. The number of nitrogens with zero attached hydrogens (tertiary/aromatic N) is 3. The Kier molecular flexibility index (Phi) is 2.79. The highest BCUT2D eigenvalue weighted by atomic mass is 16.6. The Hall–Kier alpha value is -2.74. The van der Waals surface area contributed by atoms with Crippen molar-refractivity contribution in [3.8, 4) is 17.3 Å². The first kappa shape index (κ1) is 10.8. The summed E-state index contributed by atoms with van der Waals surface area (Å²) in [6, 6.07) is 11.4. The molecule has 0 amide bonds. The lowest BCUT2D eigenvalue weighted by molar-refractivity contribution is -0.384. The van der Waals surface area contributed by atoms with E-state index in [4.69, 9.17) is 5.26 Å². The Morgan fingerprint density at radius 2 is 2.06 bits per heavy atom. The first-order valence-electron chi connectivity index (χ1n) is 4.83. The van der Waals surface area contributed by atoms with Crippen molar-refractivity contribution in [3.05, 3.63) is 58.3 Å². The van der Waals surface area contributed by atoms with Gasteiger partial charge in [0, 0.05) is 12.3 Å². The summed E-state index contributed by atoms with van der Waals surface area (Å²) in [5.41, 5.74) is 0.831. The molecule has 0 unspecified atom stereocenters. The van der Waals surface area contributed by atoms with Gasteiger partial charge in [-0.15, -0.1) is 0 Å². The highest BCUT2D eigenvalue weighted by Crippen LogP contribution is 2.31. The molecule has 0 bridgehead atoms. The summed E-state index contributed by atoms with van der Waals surface area (Å²) in [5, 5.41) is 19.9. The van der Waals surface area contributed by atoms with E-state index in [0.29, 0.717) is 5.69 Å². The lowest BCUT2D eigenvalue weighted by atomic mass is 10.0. The van der Waals surface area contributed by atoms with Gasteiger partial charge in [0.2, 0.25) is 0 Å². The van der Waals surface area contributed by atoms with E-state index in [1.54, 1.807) is 18.2 Å². The molecule has 2 aromatic rings. The fourth-order valence-electron chi connectivity index (χ4n) is 1.57. The van der Waals surface area contributed by atoms with Gasteiger partial charge in [-0.25, -0.2) is 0 Å². The van der Waals surface area contributed by atoms with Crippen molar-refractivity contribution >= 4 is 5.69 Å². The van der Waals surface area contributed by atoms with E-state index in [-0.39, 0.29) is 16.8 Å². The number of benzene rings is 1. The van der Waals surface area contributed by atoms with Crippen LogP contribution in [0.3, 0.4) is 0 Å². The van der Waals surface area contributed by atoms with Crippen molar-refractivity contribution in [2.45, 2.75) is 0 Å². The van der Waals surface area contributed by atoms with Crippen LogP contribution < -0.4 is 0 Å². The van der Waals surface area contributed by atoms with E-state index in [9.17, 15) is 10.1 Å². The zero-order valence-electron chi connectivity index (χ0n) is 8.70. The lowest BCUT2D eigenvalue weighted by Gasteiger charge is -2.03. The Bertz CT molecular complexity index is 603. The normalized spacial score (nSPS) is 9.59. The largest absolute Gasteiger partial charge is 0.280 e. The molecule has 0 saturated carbocycles. The van der Waals surface area contributed by atoms with Gasteiger partial charge in [0.15, 0.2) is 0 Å². The second-order valence-corrected chi connectivity index (χ2v) is 3.28. The van der Waals surface area contributed by atoms with Gasteiger partial charge in [-0.2, -0.15) is 5.26 Å². The number of nitro groups is 1. The number of hydrogen-bond acceptors (Lipinski definition) is 4. The predicted octanol–water partition coefficient (Wildman–Crippen LogP) is 2.53. The van der Waals surface area contributed by atoms with E-state index in [1.165, 1.54) is 24.4 Å². The SMILES string of the molecule is N#Cc1cccc([N+](=O)[O-])c1-c1ccccn1. The molecule has 0 fully saturated rings. The van der Waals surface area contributed by atoms with Crippen molar-refractivity contribution in [3.63, 3.8) is 0 Å². The standard InChI is InChI=1S/C12H7N3O2/c13-8-9-4-3-6-11(15(16)17)12(9)10-5-1-2-7-14-10/h1-7H. The lowest BCUT2D eigenvalue weighted by Crippen LogP contribution is -1.95. The molecule has 17 heavy (non-hydrogen) atoms. The molecule has 5 nitrogen and oxygen atoms in total. The molecule has 1 aromatic heterocycles. The predicted molar refractivity (Wildman–Crippen MR) is 61.0 cm³/mol. The fourth-order valence-corrected chi connectivity index (χ4v) is 1.57. The van der Waals surface area contributed by atoms with Crippen LogP contribution in [0.4, 0.5) is 5.69 Å². The monoisotopic (exact) mass is 225 g/mol. The maximum absolute atomic E-state index is 10.9. The minimum Gasteiger partial charge on any atom is -0.258 e. The summed E-state index contributed by atoms with van der Waals surface area (Å²) in [5.74, 6) is 0. The second-order valence-electron chi connectivity index (χ2n) is 3.28. The third kappa shape index (κ3) is 1.96. The summed E-state index contributed by atoms with van der Waals surface area (Å²) in [4.78, 5) is 14.5. The first-order chi connectivity index (χ1) is 8.24.